The van der Waals surface area contributed by atoms with Crippen molar-refractivity contribution in [1.82, 2.24) is 0 Å². The van der Waals surface area contributed by atoms with Gasteiger partial charge in [0.1, 0.15) is 0 Å². The predicted octanol–water partition coefficient (Wildman–Crippen LogP) is 3.89. The second-order valence-corrected chi connectivity index (χ2v) is 4.45. The van der Waals surface area contributed by atoms with E-state index in [1.165, 1.54) is 0 Å². The molecule has 0 fully saturated rings. The Kier molecular flexibility index (Phi) is 3.45. The normalized spacial score (nSPS) is 9.40. The molecule has 0 radical (unpaired) electrons. The maximum Gasteiger partial charge on any atom is 0.0775 e. The van der Waals surface area contributed by atoms with Gasteiger partial charge in [0.2, 0.25) is 0 Å². The summed E-state index contributed by atoms with van der Waals surface area (Å²) in [7, 11) is 0. The molecule has 0 aliphatic carbocycles. The van der Waals surface area contributed by atoms with Crippen LogP contribution in [0.25, 0.3) is 0 Å². The minimum Gasteiger partial charge on any atom is -0.130 e. The van der Waals surface area contributed by atoms with Crippen LogP contribution in [-0.4, -0.2) is 0 Å². The Labute approximate surface area is 98.5 Å². The van der Waals surface area contributed by atoms with E-state index >= 15 is 0 Å². The van der Waals surface area contributed by atoms with E-state index < -0.39 is 0 Å². The summed E-state index contributed by atoms with van der Waals surface area (Å²) in [6.45, 7) is 0. The van der Waals surface area contributed by atoms with Crippen LogP contribution in [0.2, 0.25) is 0 Å². The van der Waals surface area contributed by atoms with E-state index in [1.807, 2.05) is 42.5 Å². The third kappa shape index (κ3) is 2.86. The van der Waals surface area contributed by atoms with Gasteiger partial charge >= 0.3 is 0 Å². The quantitative estimate of drug-likeness (QED) is 0.517. The Hall–Kier alpha value is -1.23. The Morgan fingerprint density at radius 1 is 1.00 bits per heavy atom. The van der Waals surface area contributed by atoms with Crippen LogP contribution in [0.1, 0.15) is 15.3 Å². The van der Waals surface area contributed by atoms with Gasteiger partial charge < -0.3 is 0 Å². The Bertz CT molecular complexity index is 488. The molecule has 0 saturated carbocycles. The molecule has 2 aromatic rings. The molecule has 1 heterocycles. The maximum absolute atomic E-state index is 5.72. The van der Waals surface area contributed by atoms with Crippen molar-refractivity contribution in [2.75, 3.05) is 0 Å². The van der Waals surface area contributed by atoms with Crippen molar-refractivity contribution in [3.63, 3.8) is 0 Å². The highest BCUT2D eigenvalue weighted by Gasteiger charge is 1.94. The molecule has 74 valence electrons. The van der Waals surface area contributed by atoms with E-state index in [4.69, 9.17) is 11.6 Å². The Balaban J connectivity index is 2.18. The highest BCUT2D eigenvalue weighted by Crippen LogP contribution is 2.17. The SMILES string of the molecule is ClCc1ccc(C#Cc2ccccc2)s1. The van der Waals surface area contributed by atoms with E-state index in [2.05, 4.69) is 11.8 Å². The summed E-state index contributed by atoms with van der Waals surface area (Å²) in [4.78, 5) is 2.23. The molecule has 0 nitrogen and oxygen atoms in total. The molecule has 2 rings (SSSR count). The summed E-state index contributed by atoms with van der Waals surface area (Å²) in [6, 6.07) is 14.0. The molecular weight excluding hydrogens is 224 g/mol. The van der Waals surface area contributed by atoms with Gasteiger partial charge in [-0.05, 0) is 24.3 Å². The van der Waals surface area contributed by atoms with E-state index in [-0.39, 0.29) is 0 Å². The Morgan fingerprint density at radius 2 is 1.80 bits per heavy atom. The lowest BCUT2D eigenvalue weighted by Gasteiger charge is -1.85. The van der Waals surface area contributed by atoms with Crippen LogP contribution in [0.5, 0.6) is 0 Å². The Morgan fingerprint density at radius 3 is 2.47 bits per heavy atom. The van der Waals surface area contributed by atoms with Gasteiger partial charge in [-0.2, -0.15) is 0 Å². The minimum atomic E-state index is 0.567. The van der Waals surface area contributed by atoms with E-state index in [1.54, 1.807) is 11.3 Å². The van der Waals surface area contributed by atoms with Gasteiger partial charge in [-0.25, -0.2) is 0 Å². The minimum absolute atomic E-state index is 0.567. The smallest absolute Gasteiger partial charge is 0.0775 e. The molecule has 0 amide bonds. The number of thiophene rings is 1. The van der Waals surface area contributed by atoms with Crippen molar-refractivity contribution < 1.29 is 0 Å². The molecule has 0 atom stereocenters. The van der Waals surface area contributed by atoms with Crippen LogP contribution in [-0.2, 0) is 5.88 Å². The van der Waals surface area contributed by atoms with Crippen LogP contribution in [0.4, 0.5) is 0 Å². The number of rotatable bonds is 1. The second kappa shape index (κ2) is 5.02. The van der Waals surface area contributed by atoms with Crippen molar-refractivity contribution in [1.29, 1.82) is 0 Å². The van der Waals surface area contributed by atoms with E-state index in [0.717, 1.165) is 15.3 Å². The first-order chi connectivity index (χ1) is 7.38. The molecule has 2 heteroatoms. The summed E-state index contributed by atoms with van der Waals surface area (Å²) in [5.41, 5.74) is 1.04. The highest BCUT2D eigenvalue weighted by atomic mass is 35.5. The average Bonchev–Trinajstić information content (AvgIpc) is 2.76. The zero-order valence-electron chi connectivity index (χ0n) is 8.03. The first-order valence-electron chi connectivity index (χ1n) is 4.60. The first kappa shape index (κ1) is 10.3. The lowest BCUT2D eigenvalue weighted by Crippen LogP contribution is -1.70. The standard InChI is InChI=1S/C13H9ClS/c14-10-13-9-8-12(15-13)7-6-11-4-2-1-3-5-11/h1-5,8-9H,10H2. The van der Waals surface area contributed by atoms with Gasteiger partial charge in [0, 0.05) is 10.4 Å². The van der Waals surface area contributed by atoms with Crippen molar-refractivity contribution >= 4 is 22.9 Å². The number of alkyl halides is 1. The molecule has 0 saturated heterocycles. The third-order valence-electron chi connectivity index (χ3n) is 1.90. The molecular formula is C13H9ClS. The molecule has 15 heavy (non-hydrogen) atoms. The summed E-state index contributed by atoms with van der Waals surface area (Å²) in [5, 5.41) is 0. The van der Waals surface area contributed by atoms with Crippen molar-refractivity contribution in [3.05, 3.63) is 57.8 Å². The molecule has 1 aromatic carbocycles. The molecule has 0 aliphatic rings. The van der Waals surface area contributed by atoms with Gasteiger partial charge in [-0.1, -0.05) is 30.0 Å². The van der Waals surface area contributed by atoms with Crippen molar-refractivity contribution in [2.24, 2.45) is 0 Å². The maximum atomic E-state index is 5.72. The van der Waals surface area contributed by atoms with Crippen molar-refractivity contribution in [2.45, 2.75) is 5.88 Å². The third-order valence-corrected chi connectivity index (χ3v) is 3.34. The summed E-state index contributed by atoms with van der Waals surface area (Å²) >= 11 is 7.37. The van der Waals surface area contributed by atoms with Gasteiger partial charge in [0.15, 0.2) is 0 Å². The molecule has 0 unspecified atom stereocenters. The van der Waals surface area contributed by atoms with Gasteiger partial charge in [0.05, 0.1) is 10.8 Å². The van der Waals surface area contributed by atoms with Crippen LogP contribution < -0.4 is 0 Å². The monoisotopic (exact) mass is 232 g/mol. The predicted molar refractivity (Wildman–Crippen MR) is 66.3 cm³/mol. The number of benzene rings is 1. The van der Waals surface area contributed by atoms with Gasteiger partial charge in [0.25, 0.3) is 0 Å². The van der Waals surface area contributed by atoms with E-state index in [0.29, 0.717) is 5.88 Å². The highest BCUT2D eigenvalue weighted by molar-refractivity contribution is 7.12. The van der Waals surface area contributed by atoms with E-state index in [9.17, 15) is 0 Å². The van der Waals surface area contributed by atoms with Crippen molar-refractivity contribution in [3.8, 4) is 11.8 Å². The lowest BCUT2D eigenvalue weighted by atomic mass is 10.2. The average molecular weight is 233 g/mol. The zero-order valence-corrected chi connectivity index (χ0v) is 9.61. The fourth-order valence-electron chi connectivity index (χ4n) is 1.17. The molecule has 0 bridgehead atoms. The summed E-state index contributed by atoms with van der Waals surface area (Å²) in [6.07, 6.45) is 0. The number of hydrogen-bond acceptors (Lipinski definition) is 1. The molecule has 0 spiro atoms. The molecule has 0 aliphatic heterocycles. The largest absolute Gasteiger partial charge is 0.130 e. The van der Waals surface area contributed by atoms with Crippen LogP contribution >= 0.6 is 22.9 Å². The summed E-state index contributed by atoms with van der Waals surface area (Å²) in [5.74, 6) is 6.81. The lowest BCUT2D eigenvalue weighted by molar-refractivity contribution is 1.53. The van der Waals surface area contributed by atoms with Gasteiger partial charge in [-0.15, -0.1) is 22.9 Å². The fraction of sp³-hybridized carbons (Fsp3) is 0.0769. The fourth-order valence-corrected chi connectivity index (χ4v) is 2.14. The zero-order chi connectivity index (χ0) is 10.5. The van der Waals surface area contributed by atoms with Crippen LogP contribution in [0.15, 0.2) is 42.5 Å². The molecule has 0 N–H and O–H groups in total. The van der Waals surface area contributed by atoms with Crippen LogP contribution in [0, 0.1) is 11.8 Å². The number of hydrogen-bond donors (Lipinski definition) is 0. The van der Waals surface area contributed by atoms with Crippen LogP contribution in [0.3, 0.4) is 0 Å². The topological polar surface area (TPSA) is 0 Å². The first-order valence-corrected chi connectivity index (χ1v) is 5.95. The number of halogens is 1. The van der Waals surface area contributed by atoms with Gasteiger partial charge in [-0.3, -0.25) is 0 Å². The summed E-state index contributed by atoms with van der Waals surface area (Å²) < 4.78 is 0. The molecule has 1 aromatic heterocycles. The second-order valence-electron chi connectivity index (χ2n) is 3.02.